The van der Waals surface area contributed by atoms with Crippen molar-refractivity contribution < 1.29 is 19.5 Å². The summed E-state index contributed by atoms with van der Waals surface area (Å²) in [6.07, 6.45) is 5.31. The Hall–Kier alpha value is -2.44. The predicted octanol–water partition coefficient (Wildman–Crippen LogP) is 2.08. The van der Waals surface area contributed by atoms with Crippen molar-refractivity contribution >= 4 is 17.8 Å². The van der Waals surface area contributed by atoms with E-state index in [4.69, 9.17) is 5.11 Å². The Balaban J connectivity index is 2.22. The summed E-state index contributed by atoms with van der Waals surface area (Å²) in [4.78, 5) is 42.0. The van der Waals surface area contributed by atoms with Crippen molar-refractivity contribution in [2.75, 3.05) is 13.1 Å². The van der Waals surface area contributed by atoms with Crippen molar-refractivity contribution in [2.45, 2.75) is 51.5 Å². The van der Waals surface area contributed by atoms with E-state index < -0.39 is 17.4 Å². The lowest BCUT2D eigenvalue weighted by molar-refractivity contribution is -0.139. The molecule has 7 heteroatoms. The number of amides is 2. The number of carbonyl (C=O) groups excluding carboxylic acids is 2. The maximum Gasteiger partial charge on any atom is 0.354 e. The van der Waals surface area contributed by atoms with Gasteiger partial charge in [0.15, 0.2) is 0 Å². The van der Waals surface area contributed by atoms with E-state index in [1.54, 1.807) is 4.90 Å². The normalized spacial score (nSPS) is 16.1. The van der Waals surface area contributed by atoms with Crippen molar-refractivity contribution in [1.29, 1.82) is 0 Å². The van der Waals surface area contributed by atoms with Crippen LogP contribution in [-0.2, 0) is 4.79 Å². The summed E-state index contributed by atoms with van der Waals surface area (Å²) in [5.74, 6) is -1.58. The lowest BCUT2D eigenvalue weighted by Gasteiger charge is -2.40. The molecule has 136 valence electrons. The molecule has 2 amide bonds. The molecule has 1 aliphatic carbocycles. The zero-order valence-electron chi connectivity index (χ0n) is 14.7. The number of hydrogen-bond donors (Lipinski definition) is 2. The number of nitrogens with zero attached hydrogens (tertiary/aromatic N) is 2. The molecule has 1 saturated carbocycles. The SMILES string of the molecule is CCN(CC)C(=O)C1(NC(=O)c2ccc(C(=O)O)nc2)CCCCC1. The third-order valence-electron chi connectivity index (χ3n) is 4.76. The fraction of sp³-hybridized carbons (Fsp3) is 0.556. The van der Waals surface area contributed by atoms with Crippen molar-refractivity contribution in [3.63, 3.8) is 0 Å². The Morgan fingerprint density at radius 1 is 1.16 bits per heavy atom. The van der Waals surface area contributed by atoms with Gasteiger partial charge in [-0.1, -0.05) is 19.3 Å². The number of carboxylic acid groups (broad SMARTS) is 1. The fourth-order valence-electron chi connectivity index (χ4n) is 3.31. The number of aromatic nitrogens is 1. The smallest absolute Gasteiger partial charge is 0.354 e. The van der Waals surface area contributed by atoms with Crippen LogP contribution in [0.2, 0.25) is 0 Å². The van der Waals surface area contributed by atoms with Gasteiger partial charge >= 0.3 is 5.97 Å². The quantitative estimate of drug-likeness (QED) is 0.821. The molecule has 1 aliphatic rings. The van der Waals surface area contributed by atoms with Gasteiger partial charge < -0.3 is 15.3 Å². The van der Waals surface area contributed by atoms with Crippen LogP contribution in [0, 0.1) is 0 Å². The molecule has 25 heavy (non-hydrogen) atoms. The lowest BCUT2D eigenvalue weighted by Crippen LogP contribution is -2.60. The van der Waals surface area contributed by atoms with Crippen LogP contribution in [-0.4, -0.2) is 51.4 Å². The van der Waals surface area contributed by atoms with Gasteiger partial charge in [0.2, 0.25) is 5.91 Å². The fourth-order valence-corrected chi connectivity index (χ4v) is 3.31. The number of pyridine rings is 1. The minimum atomic E-state index is -1.15. The van der Waals surface area contributed by atoms with E-state index in [0.29, 0.717) is 25.9 Å². The summed E-state index contributed by atoms with van der Waals surface area (Å²) in [7, 11) is 0. The predicted molar refractivity (Wildman–Crippen MR) is 92.4 cm³/mol. The Morgan fingerprint density at radius 3 is 2.28 bits per heavy atom. The molecule has 1 aromatic rings. The molecule has 2 rings (SSSR count). The molecule has 0 atom stereocenters. The standard InChI is InChI=1S/C18H25N3O4/c1-3-21(4-2)17(25)18(10-6-5-7-11-18)20-15(22)13-8-9-14(16(23)24)19-12-13/h8-9,12H,3-7,10-11H2,1-2H3,(H,20,22)(H,23,24). The molecular weight excluding hydrogens is 322 g/mol. The van der Waals surface area contributed by atoms with E-state index in [-0.39, 0.29) is 17.2 Å². The molecule has 0 radical (unpaired) electrons. The van der Waals surface area contributed by atoms with Crippen LogP contribution in [0.15, 0.2) is 18.3 Å². The van der Waals surface area contributed by atoms with E-state index in [2.05, 4.69) is 10.3 Å². The minimum absolute atomic E-state index is 0.0411. The van der Waals surface area contributed by atoms with Gasteiger partial charge in [-0.3, -0.25) is 9.59 Å². The average molecular weight is 347 g/mol. The summed E-state index contributed by atoms with van der Waals surface area (Å²) >= 11 is 0. The van der Waals surface area contributed by atoms with Crippen LogP contribution < -0.4 is 5.32 Å². The summed E-state index contributed by atoms with van der Waals surface area (Å²) in [6, 6.07) is 2.71. The zero-order chi connectivity index (χ0) is 18.4. The maximum atomic E-state index is 13.0. The Morgan fingerprint density at radius 2 is 1.80 bits per heavy atom. The summed E-state index contributed by atoms with van der Waals surface area (Å²) < 4.78 is 0. The number of rotatable bonds is 6. The topological polar surface area (TPSA) is 99.6 Å². The second-order valence-corrected chi connectivity index (χ2v) is 6.31. The number of carbonyl (C=O) groups is 3. The average Bonchev–Trinajstić information content (AvgIpc) is 2.63. The van der Waals surface area contributed by atoms with Gasteiger partial charge in [0.05, 0.1) is 5.56 Å². The van der Waals surface area contributed by atoms with Crippen LogP contribution in [0.25, 0.3) is 0 Å². The van der Waals surface area contributed by atoms with Gasteiger partial charge in [0.25, 0.3) is 5.91 Å². The van der Waals surface area contributed by atoms with Crippen LogP contribution in [0.4, 0.5) is 0 Å². The molecule has 1 fully saturated rings. The molecule has 0 saturated heterocycles. The van der Waals surface area contributed by atoms with Gasteiger partial charge in [0.1, 0.15) is 11.2 Å². The lowest BCUT2D eigenvalue weighted by atomic mass is 9.80. The molecule has 1 aromatic heterocycles. The minimum Gasteiger partial charge on any atom is -0.477 e. The Bertz CT molecular complexity index is 632. The van der Waals surface area contributed by atoms with E-state index in [1.807, 2.05) is 13.8 Å². The van der Waals surface area contributed by atoms with Gasteiger partial charge in [-0.05, 0) is 38.8 Å². The maximum absolute atomic E-state index is 13.0. The summed E-state index contributed by atoms with van der Waals surface area (Å²) in [5, 5.41) is 11.8. The zero-order valence-corrected chi connectivity index (χ0v) is 14.7. The Labute approximate surface area is 147 Å². The molecule has 1 heterocycles. The highest BCUT2D eigenvalue weighted by Crippen LogP contribution is 2.30. The van der Waals surface area contributed by atoms with Crippen molar-refractivity contribution in [1.82, 2.24) is 15.2 Å². The molecule has 2 N–H and O–H groups in total. The molecule has 0 unspecified atom stereocenters. The van der Waals surface area contributed by atoms with Crippen LogP contribution in [0.1, 0.15) is 66.8 Å². The molecule has 0 aliphatic heterocycles. The van der Waals surface area contributed by atoms with Crippen molar-refractivity contribution in [3.8, 4) is 0 Å². The molecular formula is C18H25N3O4. The van der Waals surface area contributed by atoms with E-state index in [9.17, 15) is 14.4 Å². The van der Waals surface area contributed by atoms with Gasteiger partial charge in [-0.15, -0.1) is 0 Å². The number of nitrogens with one attached hydrogen (secondary N) is 1. The number of carboxylic acids is 1. The van der Waals surface area contributed by atoms with E-state index in [1.165, 1.54) is 18.3 Å². The van der Waals surface area contributed by atoms with E-state index >= 15 is 0 Å². The highest BCUT2D eigenvalue weighted by molar-refractivity contribution is 5.99. The monoisotopic (exact) mass is 347 g/mol. The van der Waals surface area contributed by atoms with Gasteiger partial charge in [-0.25, -0.2) is 9.78 Å². The molecule has 7 nitrogen and oxygen atoms in total. The highest BCUT2D eigenvalue weighted by Gasteiger charge is 2.42. The highest BCUT2D eigenvalue weighted by atomic mass is 16.4. The van der Waals surface area contributed by atoms with Gasteiger partial charge in [0, 0.05) is 19.3 Å². The van der Waals surface area contributed by atoms with Crippen LogP contribution in [0.5, 0.6) is 0 Å². The van der Waals surface area contributed by atoms with E-state index in [0.717, 1.165) is 19.3 Å². The third kappa shape index (κ3) is 4.15. The first kappa shape index (κ1) is 18.9. The number of likely N-dealkylation sites (N-methyl/N-ethyl adjacent to an activating group) is 1. The number of aromatic carboxylic acids is 1. The second kappa shape index (κ2) is 8.09. The first-order valence-corrected chi connectivity index (χ1v) is 8.74. The molecule has 0 bridgehead atoms. The Kier molecular flexibility index (Phi) is 6.12. The molecule has 0 spiro atoms. The van der Waals surface area contributed by atoms with Crippen molar-refractivity contribution in [3.05, 3.63) is 29.6 Å². The first-order chi connectivity index (χ1) is 11.9. The third-order valence-corrected chi connectivity index (χ3v) is 4.76. The summed E-state index contributed by atoms with van der Waals surface area (Å²) in [5.41, 5.74) is -0.752. The van der Waals surface area contributed by atoms with Crippen LogP contribution >= 0.6 is 0 Å². The van der Waals surface area contributed by atoms with Gasteiger partial charge in [-0.2, -0.15) is 0 Å². The largest absolute Gasteiger partial charge is 0.477 e. The second-order valence-electron chi connectivity index (χ2n) is 6.31. The van der Waals surface area contributed by atoms with Crippen molar-refractivity contribution in [2.24, 2.45) is 0 Å². The molecule has 0 aromatic carbocycles. The first-order valence-electron chi connectivity index (χ1n) is 8.74. The van der Waals surface area contributed by atoms with Crippen LogP contribution in [0.3, 0.4) is 0 Å². The number of hydrogen-bond acceptors (Lipinski definition) is 4. The summed E-state index contributed by atoms with van der Waals surface area (Å²) in [6.45, 7) is 5.05.